The molecular formula is C19H24NO. The van der Waals surface area contributed by atoms with Crippen LogP contribution in [0.5, 0.6) is 0 Å². The van der Waals surface area contributed by atoms with Crippen molar-refractivity contribution in [1.29, 1.82) is 0 Å². The maximum atomic E-state index is 5.41. The van der Waals surface area contributed by atoms with E-state index in [1.54, 1.807) is 0 Å². The average Bonchev–Trinajstić information content (AvgIpc) is 2.57. The molecule has 0 unspecified atom stereocenters. The number of allylic oxidation sites excluding steroid dienone is 2. The second-order valence-electron chi connectivity index (χ2n) is 6.17. The molecule has 0 N–H and O–H groups in total. The molecule has 2 nitrogen and oxygen atoms in total. The van der Waals surface area contributed by atoms with E-state index in [1.807, 2.05) is 0 Å². The van der Waals surface area contributed by atoms with Gasteiger partial charge in [-0.3, -0.25) is 0 Å². The SMILES string of the molecule is [C](=NOC1=CCCCC1)c1ccc(C2CCCCC2)cc1. The summed E-state index contributed by atoms with van der Waals surface area (Å²) in [4.78, 5) is 5.41. The first-order valence-electron chi connectivity index (χ1n) is 8.34. The smallest absolute Gasteiger partial charge is 0.140 e. The van der Waals surface area contributed by atoms with Crippen LogP contribution >= 0.6 is 0 Å². The Bertz CT molecular complexity index is 495. The average molecular weight is 282 g/mol. The van der Waals surface area contributed by atoms with E-state index in [9.17, 15) is 0 Å². The minimum atomic E-state index is 0.758. The first-order valence-corrected chi connectivity index (χ1v) is 8.34. The lowest BCUT2D eigenvalue weighted by molar-refractivity contribution is 0.210. The van der Waals surface area contributed by atoms with Gasteiger partial charge in [0.25, 0.3) is 0 Å². The van der Waals surface area contributed by atoms with Crippen LogP contribution in [0.25, 0.3) is 0 Å². The van der Waals surface area contributed by atoms with Gasteiger partial charge in [-0.15, -0.1) is 0 Å². The normalized spacial score (nSPS) is 20.5. The molecule has 1 aromatic carbocycles. The second kappa shape index (κ2) is 7.44. The Morgan fingerprint density at radius 2 is 1.76 bits per heavy atom. The molecule has 1 fully saturated rings. The predicted molar refractivity (Wildman–Crippen MR) is 86.4 cm³/mol. The number of hydrogen-bond donors (Lipinski definition) is 0. The summed E-state index contributed by atoms with van der Waals surface area (Å²) in [6.07, 6.45) is 16.6. The fraction of sp³-hybridized carbons (Fsp3) is 0.526. The quantitative estimate of drug-likeness (QED) is 0.533. The van der Waals surface area contributed by atoms with Gasteiger partial charge in [0.05, 0.1) is 0 Å². The van der Waals surface area contributed by atoms with Crippen molar-refractivity contribution in [3.63, 3.8) is 0 Å². The van der Waals surface area contributed by atoms with Crippen molar-refractivity contribution in [3.8, 4) is 0 Å². The molecule has 2 heteroatoms. The minimum absolute atomic E-state index is 0.758. The maximum Gasteiger partial charge on any atom is 0.140 e. The number of nitrogens with zero attached hydrogens (tertiary/aromatic N) is 1. The van der Waals surface area contributed by atoms with Crippen LogP contribution in [0, 0.1) is 0 Å². The minimum Gasteiger partial charge on any atom is -0.361 e. The van der Waals surface area contributed by atoms with Gasteiger partial charge in [0, 0.05) is 12.0 Å². The zero-order valence-electron chi connectivity index (χ0n) is 12.7. The van der Waals surface area contributed by atoms with E-state index in [2.05, 4.69) is 41.7 Å². The lowest BCUT2D eigenvalue weighted by atomic mass is 9.84. The highest BCUT2D eigenvalue weighted by Crippen LogP contribution is 2.32. The van der Waals surface area contributed by atoms with Crippen molar-refractivity contribution in [1.82, 2.24) is 0 Å². The van der Waals surface area contributed by atoms with E-state index in [4.69, 9.17) is 4.84 Å². The molecule has 1 radical (unpaired) electrons. The van der Waals surface area contributed by atoms with Crippen molar-refractivity contribution in [2.75, 3.05) is 0 Å². The topological polar surface area (TPSA) is 21.6 Å². The first kappa shape index (κ1) is 14.4. The molecule has 111 valence electrons. The Hall–Kier alpha value is -1.57. The highest BCUT2D eigenvalue weighted by molar-refractivity contribution is 5.79. The van der Waals surface area contributed by atoms with Crippen LogP contribution in [-0.2, 0) is 4.84 Å². The van der Waals surface area contributed by atoms with Crippen LogP contribution in [0.4, 0.5) is 0 Å². The van der Waals surface area contributed by atoms with Crippen LogP contribution in [0.2, 0.25) is 0 Å². The molecule has 2 aliphatic rings. The molecular weight excluding hydrogens is 258 g/mol. The molecule has 1 aromatic rings. The van der Waals surface area contributed by atoms with Gasteiger partial charge in [-0.05, 0) is 49.7 Å². The summed E-state index contributed by atoms with van der Waals surface area (Å²) in [5.74, 6) is 1.75. The van der Waals surface area contributed by atoms with E-state index < -0.39 is 0 Å². The van der Waals surface area contributed by atoms with E-state index in [0.29, 0.717) is 0 Å². The standard InChI is InChI=1S/C19H24NO/c1-3-7-17(8-4-1)18-13-11-16(12-14-18)15-20-21-19-9-5-2-6-10-19/h9,11-14,17H,1-8,10H2. The van der Waals surface area contributed by atoms with Crippen molar-refractivity contribution in [3.05, 3.63) is 47.2 Å². The second-order valence-corrected chi connectivity index (χ2v) is 6.17. The van der Waals surface area contributed by atoms with Crippen molar-refractivity contribution in [2.24, 2.45) is 5.16 Å². The van der Waals surface area contributed by atoms with Crippen LogP contribution in [-0.4, -0.2) is 6.21 Å². The zero-order chi connectivity index (χ0) is 14.3. The first-order chi connectivity index (χ1) is 10.4. The van der Waals surface area contributed by atoms with Gasteiger partial charge in [0.15, 0.2) is 0 Å². The number of rotatable bonds is 4. The largest absolute Gasteiger partial charge is 0.361 e. The summed E-state index contributed by atoms with van der Waals surface area (Å²) >= 11 is 0. The van der Waals surface area contributed by atoms with Crippen molar-refractivity contribution < 1.29 is 4.84 Å². The fourth-order valence-electron chi connectivity index (χ4n) is 3.29. The fourth-order valence-corrected chi connectivity index (χ4v) is 3.29. The molecule has 0 atom stereocenters. The van der Waals surface area contributed by atoms with Crippen LogP contribution < -0.4 is 0 Å². The van der Waals surface area contributed by atoms with Crippen molar-refractivity contribution >= 4 is 6.21 Å². The molecule has 0 aliphatic heterocycles. The molecule has 0 amide bonds. The maximum absolute atomic E-state index is 5.41. The van der Waals surface area contributed by atoms with Gasteiger partial charge in [-0.2, -0.15) is 0 Å². The molecule has 3 rings (SSSR count). The summed E-state index contributed by atoms with van der Waals surface area (Å²) in [6, 6.07) is 8.67. The third-order valence-electron chi connectivity index (χ3n) is 4.57. The van der Waals surface area contributed by atoms with Gasteiger partial charge in [0.2, 0.25) is 0 Å². The predicted octanol–water partition coefficient (Wildman–Crippen LogP) is 5.42. The molecule has 0 bridgehead atoms. The zero-order valence-corrected chi connectivity index (χ0v) is 12.7. The molecule has 1 saturated carbocycles. The van der Waals surface area contributed by atoms with Crippen LogP contribution in [0.15, 0.2) is 41.3 Å². The highest BCUT2D eigenvalue weighted by atomic mass is 16.6. The number of hydrogen-bond acceptors (Lipinski definition) is 2. The van der Waals surface area contributed by atoms with E-state index in [0.717, 1.165) is 30.1 Å². The van der Waals surface area contributed by atoms with Gasteiger partial charge in [-0.1, -0.05) is 48.7 Å². The molecule has 0 spiro atoms. The van der Waals surface area contributed by atoms with Gasteiger partial charge < -0.3 is 4.84 Å². The highest BCUT2D eigenvalue weighted by Gasteiger charge is 2.14. The Balaban J connectivity index is 1.55. The summed E-state index contributed by atoms with van der Waals surface area (Å²) in [5, 5.41) is 3.99. The van der Waals surface area contributed by atoms with E-state index >= 15 is 0 Å². The van der Waals surface area contributed by atoms with Gasteiger partial charge in [-0.25, -0.2) is 0 Å². The summed E-state index contributed by atoms with van der Waals surface area (Å²) in [6.45, 7) is 0. The summed E-state index contributed by atoms with van der Waals surface area (Å²) in [7, 11) is 0. The third kappa shape index (κ3) is 4.20. The molecule has 21 heavy (non-hydrogen) atoms. The third-order valence-corrected chi connectivity index (χ3v) is 4.57. The Labute approximate surface area is 127 Å². The Kier molecular flexibility index (Phi) is 5.09. The molecule has 2 aliphatic carbocycles. The lowest BCUT2D eigenvalue weighted by Gasteiger charge is -2.21. The van der Waals surface area contributed by atoms with E-state index in [1.165, 1.54) is 50.5 Å². The summed E-state index contributed by atoms with van der Waals surface area (Å²) < 4.78 is 0. The van der Waals surface area contributed by atoms with Crippen LogP contribution in [0.1, 0.15) is 74.8 Å². The van der Waals surface area contributed by atoms with E-state index in [-0.39, 0.29) is 0 Å². The molecule has 0 saturated heterocycles. The lowest BCUT2D eigenvalue weighted by Crippen LogP contribution is -2.04. The van der Waals surface area contributed by atoms with Crippen LogP contribution in [0.3, 0.4) is 0 Å². The van der Waals surface area contributed by atoms with Gasteiger partial charge in [0.1, 0.15) is 12.0 Å². The van der Waals surface area contributed by atoms with Crippen molar-refractivity contribution in [2.45, 2.75) is 63.7 Å². The molecule has 0 aromatic heterocycles. The summed E-state index contributed by atoms with van der Waals surface area (Å²) in [5.41, 5.74) is 2.46. The number of benzene rings is 1. The Morgan fingerprint density at radius 1 is 0.952 bits per heavy atom. The monoisotopic (exact) mass is 282 g/mol. The molecule has 0 heterocycles. The van der Waals surface area contributed by atoms with Gasteiger partial charge >= 0.3 is 0 Å². The Morgan fingerprint density at radius 3 is 2.48 bits per heavy atom.